The van der Waals surface area contributed by atoms with Gasteiger partial charge in [0.25, 0.3) is 0 Å². The Kier molecular flexibility index (Phi) is 7.52. The molecule has 1 aromatic carbocycles. The van der Waals surface area contributed by atoms with E-state index in [1.54, 1.807) is 30.3 Å². The van der Waals surface area contributed by atoms with Gasteiger partial charge in [0.15, 0.2) is 11.4 Å². The molecule has 0 aliphatic carbocycles. The monoisotopic (exact) mass is 499 g/mol. The standard InChI is InChI=1S/C27H31F2N3O2S/c1-19-9-10-20(17-30-19)26(2,3)32-16-15-27(18-32,14-13-22-11-12-23(28)35-22)24(29)31-25(33)34-21-7-5-4-6-8-21/h4-12,17,24H,13-16,18H2,1-3H3,(H,31,33)/t24-,27?/m0/s1. The Morgan fingerprint density at radius 3 is 2.66 bits per heavy atom. The number of hydrogen-bond donors (Lipinski definition) is 1. The molecule has 35 heavy (non-hydrogen) atoms. The first-order valence-corrected chi connectivity index (χ1v) is 12.6. The number of thiophene rings is 1. The highest BCUT2D eigenvalue weighted by atomic mass is 32.1. The Balaban J connectivity index is 1.52. The summed E-state index contributed by atoms with van der Waals surface area (Å²) in [5, 5.41) is 2.18. The van der Waals surface area contributed by atoms with E-state index in [4.69, 9.17) is 4.74 Å². The number of aryl methyl sites for hydroxylation is 2. The van der Waals surface area contributed by atoms with Crippen LogP contribution in [0, 0.1) is 17.5 Å². The number of ether oxygens (including phenoxy) is 1. The number of halogens is 2. The van der Waals surface area contributed by atoms with Gasteiger partial charge >= 0.3 is 6.09 Å². The Hall–Kier alpha value is -2.84. The van der Waals surface area contributed by atoms with E-state index >= 15 is 4.39 Å². The maximum absolute atomic E-state index is 15.9. The Labute approximate surface area is 209 Å². The van der Waals surface area contributed by atoms with Crippen molar-refractivity contribution in [2.45, 2.75) is 51.9 Å². The fourth-order valence-electron chi connectivity index (χ4n) is 4.66. The molecule has 3 heterocycles. The first kappa shape index (κ1) is 25.3. The van der Waals surface area contributed by atoms with Crippen molar-refractivity contribution >= 4 is 17.4 Å². The van der Waals surface area contributed by atoms with E-state index in [1.807, 2.05) is 25.3 Å². The number of aromatic nitrogens is 1. The number of hydrogen-bond acceptors (Lipinski definition) is 5. The molecule has 0 bridgehead atoms. The van der Waals surface area contributed by atoms with E-state index in [9.17, 15) is 9.18 Å². The van der Waals surface area contributed by atoms with Crippen molar-refractivity contribution in [3.63, 3.8) is 0 Å². The number of rotatable bonds is 8. The molecule has 4 rings (SSSR count). The topological polar surface area (TPSA) is 54.5 Å². The third-order valence-corrected chi connectivity index (χ3v) is 7.96. The average Bonchev–Trinajstić information content (AvgIpc) is 3.46. The number of nitrogens with zero attached hydrogens (tertiary/aromatic N) is 2. The molecule has 186 valence electrons. The molecule has 0 radical (unpaired) electrons. The molecule has 0 saturated carbocycles. The molecule has 1 N–H and O–H groups in total. The third kappa shape index (κ3) is 5.87. The van der Waals surface area contributed by atoms with Gasteiger partial charge in [-0.25, -0.2) is 9.18 Å². The summed E-state index contributed by atoms with van der Waals surface area (Å²) in [7, 11) is 0. The second-order valence-corrected chi connectivity index (χ2v) is 10.8. The van der Waals surface area contributed by atoms with Gasteiger partial charge in [0.05, 0.1) is 0 Å². The summed E-state index contributed by atoms with van der Waals surface area (Å²) in [4.78, 5) is 20.0. The predicted octanol–water partition coefficient (Wildman–Crippen LogP) is 6.23. The molecular formula is C27H31F2N3O2S. The van der Waals surface area contributed by atoms with Crippen LogP contribution in [0.4, 0.5) is 13.6 Å². The van der Waals surface area contributed by atoms with Crippen molar-refractivity contribution < 1.29 is 18.3 Å². The van der Waals surface area contributed by atoms with Crippen molar-refractivity contribution in [2.75, 3.05) is 13.1 Å². The minimum atomic E-state index is -1.62. The number of carbonyl (C=O) groups excluding carboxylic acids is 1. The van der Waals surface area contributed by atoms with Crippen molar-refractivity contribution in [1.82, 2.24) is 15.2 Å². The first-order chi connectivity index (χ1) is 16.7. The summed E-state index contributed by atoms with van der Waals surface area (Å²) < 4.78 is 34.7. The summed E-state index contributed by atoms with van der Waals surface area (Å²) in [5.74, 6) is 0.348. The van der Waals surface area contributed by atoms with Gasteiger partial charge in [-0.05, 0) is 82.5 Å². The fourth-order valence-corrected chi connectivity index (χ4v) is 5.39. The molecular weight excluding hydrogens is 468 g/mol. The second-order valence-electron chi connectivity index (χ2n) is 9.70. The van der Waals surface area contributed by atoms with Gasteiger partial charge in [0, 0.05) is 34.3 Å². The lowest BCUT2D eigenvalue weighted by Crippen LogP contribution is -2.49. The highest BCUT2D eigenvalue weighted by molar-refractivity contribution is 7.10. The predicted molar refractivity (Wildman–Crippen MR) is 134 cm³/mol. The lowest BCUT2D eigenvalue weighted by atomic mass is 9.80. The first-order valence-electron chi connectivity index (χ1n) is 11.8. The van der Waals surface area contributed by atoms with Gasteiger partial charge in [0.2, 0.25) is 0 Å². The lowest BCUT2D eigenvalue weighted by molar-refractivity contribution is 0.0534. The molecule has 1 aliphatic rings. The molecule has 1 unspecified atom stereocenters. The lowest BCUT2D eigenvalue weighted by Gasteiger charge is -2.39. The number of benzene rings is 1. The van der Waals surface area contributed by atoms with Crippen LogP contribution in [0.25, 0.3) is 0 Å². The molecule has 1 amide bonds. The smallest absolute Gasteiger partial charge is 0.410 e. The van der Waals surface area contributed by atoms with Gasteiger partial charge < -0.3 is 4.74 Å². The quantitative estimate of drug-likeness (QED) is 0.373. The summed E-state index contributed by atoms with van der Waals surface area (Å²) >= 11 is 1.08. The SMILES string of the molecule is Cc1ccc(C(C)(C)N2CCC(CCc3ccc(F)s3)([C@@H](F)NC(=O)Oc3ccccc3)C2)cn1. The van der Waals surface area contributed by atoms with Crippen LogP contribution >= 0.6 is 11.3 Å². The summed E-state index contributed by atoms with van der Waals surface area (Å²) in [6.45, 7) is 7.26. The molecule has 1 saturated heterocycles. The van der Waals surface area contributed by atoms with Gasteiger partial charge in [-0.2, -0.15) is 4.39 Å². The molecule has 8 heteroatoms. The van der Waals surface area contributed by atoms with Crippen LogP contribution in [0.1, 0.15) is 42.8 Å². The minimum absolute atomic E-state index is 0.253. The van der Waals surface area contributed by atoms with Crippen LogP contribution in [0.2, 0.25) is 0 Å². The van der Waals surface area contributed by atoms with Crippen molar-refractivity contribution in [3.05, 3.63) is 82.1 Å². The van der Waals surface area contributed by atoms with E-state index in [2.05, 4.69) is 35.1 Å². The number of pyridine rings is 1. The number of para-hydroxylation sites is 1. The maximum Gasteiger partial charge on any atom is 0.414 e. The number of amides is 1. The van der Waals surface area contributed by atoms with Crippen molar-refractivity contribution in [3.8, 4) is 5.75 Å². The van der Waals surface area contributed by atoms with Crippen LogP contribution in [0.15, 0.2) is 60.8 Å². The summed E-state index contributed by atoms with van der Waals surface area (Å²) in [5.41, 5.74) is 0.771. The molecule has 2 aromatic heterocycles. The van der Waals surface area contributed by atoms with E-state index < -0.39 is 17.8 Å². The largest absolute Gasteiger partial charge is 0.414 e. The number of likely N-dealkylation sites (tertiary alicyclic amines) is 1. The molecule has 5 nitrogen and oxygen atoms in total. The number of carbonyl (C=O) groups is 1. The van der Waals surface area contributed by atoms with Crippen LogP contribution < -0.4 is 10.1 Å². The van der Waals surface area contributed by atoms with Crippen molar-refractivity contribution in [1.29, 1.82) is 0 Å². The second kappa shape index (κ2) is 10.4. The zero-order valence-electron chi connectivity index (χ0n) is 20.3. The minimum Gasteiger partial charge on any atom is -0.410 e. The molecule has 3 aromatic rings. The Morgan fingerprint density at radius 1 is 1.23 bits per heavy atom. The van der Waals surface area contributed by atoms with Crippen LogP contribution in [-0.4, -0.2) is 35.4 Å². The summed E-state index contributed by atoms with van der Waals surface area (Å²) in [6, 6.07) is 15.8. The zero-order chi connectivity index (χ0) is 25.1. The molecule has 0 spiro atoms. The normalized spacial score (nSPS) is 19.5. The Morgan fingerprint density at radius 2 is 2.00 bits per heavy atom. The fraction of sp³-hybridized carbons (Fsp3) is 0.407. The molecule has 2 atom stereocenters. The summed E-state index contributed by atoms with van der Waals surface area (Å²) in [6.07, 6.45) is 0.970. The molecule has 1 aliphatic heterocycles. The van der Waals surface area contributed by atoms with E-state index in [0.717, 1.165) is 27.5 Å². The van der Waals surface area contributed by atoms with Gasteiger partial charge in [-0.1, -0.05) is 24.3 Å². The van der Waals surface area contributed by atoms with Crippen molar-refractivity contribution in [2.24, 2.45) is 5.41 Å². The van der Waals surface area contributed by atoms with Crippen LogP contribution in [0.5, 0.6) is 5.75 Å². The van der Waals surface area contributed by atoms with Gasteiger partial charge in [0.1, 0.15) is 5.75 Å². The van der Waals surface area contributed by atoms with E-state index in [0.29, 0.717) is 38.1 Å². The highest BCUT2D eigenvalue weighted by Crippen LogP contribution is 2.44. The number of nitrogens with one attached hydrogen (secondary N) is 1. The van der Waals surface area contributed by atoms with Crippen LogP contribution in [-0.2, 0) is 12.0 Å². The maximum atomic E-state index is 15.9. The average molecular weight is 500 g/mol. The van der Waals surface area contributed by atoms with Crippen LogP contribution in [0.3, 0.4) is 0 Å². The Bertz CT molecular complexity index is 1140. The highest BCUT2D eigenvalue weighted by Gasteiger charge is 2.49. The van der Waals surface area contributed by atoms with E-state index in [-0.39, 0.29) is 10.7 Å². The third-order valence-electron chi connectivity index (χ3n) is 7.03. The van der Waals surface area contributed by atoms with E-state index in [1.165, 1.54) is 6.07 Å². The van der Waals surface area contributed by atoms with Gasteiger partial charge in [-0.15, -0.1) is 11.3 Å². The number of alkyl halides is 1. The van der Waals surface area contributed by atoms with Gasteiger partial charge in [-0.3, -0.25) is 15.2 Å². The zero-order valence-corrected chi connectivity index (χ0v) is 21.1. The molecule has 1 fully saturated rings.